The second-order valence-electron chi connectivity index (χ2n) is 4.92. The molecule has 1 atom stereocenters. The highest BCUT2D eigenvalue weighted by Crippen LogP contribution is 2.24. The van der Waals surface area contributed by atoms with Crippen LogP contribution in [-0.4, -0.2) is 7.05 Å². The minimum Gasteiger partial charge on any atom is -0.309 e. The molecule has 0 aliphatic carbocycles. The van der Waals surface area contributed by atoms with Gasteiger partial charge in [-0.25, -0.2) is 8.78 Å². The topological polar surface area (TPSA) is 12.0 Å². The van der Waals surface area contributed by atoms with E-state index in [0.29, 0.717) is 5.56 Å². The van der Waals surface area contributed by atoms with Crippen LogP contribution in [0.3, 0.4) is 0 Å². The van der Waals surface area contributed by atoms with E-state index in [2.05, 4.69) is 24.4 Å². The average Bonchev–Trinajstić information content (AvgIpc) is 2.41. The molecule has 106 valence electrons. The molecule has 0 aromatic heterocycles. The molecule has 0 aliphatic rings. The lowest BCUT2D eigenvalue weighted by Gasteiger charge is -2.18. The lowest BCUT2D eigenvalue weighted by atomic mass is 9.97. The molecule has 1 N–H and O–H groups in total. The summed E-state index contributed by atoms with van der Waals surface area (Å²) in [5.74, 6) is -1.11. The van der Waals surface area contributed by atoms with Crippen LogP contribution in [0.4, 0.5) is 8.78 Å². The van der Waals surface area contributed by atoms with Crippen LogP contribution in [0.25, 0.3) is 0 Å². The molecule has 0 fully saturated rings. The van der Waals surface area contributed by atoms with Gasteiger partial charge in [-0.05, 0) is 42.3 Å². The van der Waals surface area contributed by atoms with Gasteiger partial charge in [0.1, 0.15) is 11.6 Å². The second kappa shape index (κ2) is 6.62. The van der Waals surface area contributed by atoms with Crippen molar-refractivity contribution in [3.8, 4) is 0 Å². The number of rotatable bonds is 5. The molecule has 2 aromatic carbocycles. The Labute approximate surface area is 118 Å². The summed E-state index contributed by atoms with van der Waals surface area (Å²) in [6.07, 6.45) is 2.14. The Hall–Kier alpha value is -1.74. The fourth-order valence-corrected chi connectivity index (χ4v) is 2.43. The first-order chi connectivity index (χ1) is 9.63. The van der Waals surface area contributed by atoms with Gasteiger partial charge in [0, 0.05) is 6.07 Å². The highest BCUT2D eigenvalue weighted by molar-refractivity contribution is 5.34. The van der Waals surface area contributed by atoms with Crippen LogP contribution in [0.2, 0.25) is 0 Å². The van der Waals surface area contributed by atoms with E-state index in [1.165, 1.54) is 17.7 Å². The van der Waals surface area contributed by atoms with Crippen molar-refractivity contribution >= 4 is 0 Å². The summed E-state index contributed by atoms with van der Waals surface area (Å²) in [6, 6.07) is 11.6. The fourth-order valence-electron chi connectivity index (χ4n) is 2.43. The monoisotopic (exact) mass is 275 g/mol. The summed E-state index contributed by atoms with van der Waals surface area (Å²) in [7, 11) is 1.79. The second-order valence-corrected chi connectivity index (χ2v) is 4.92. The lowest BCUT2D eigenvalue weighted by molar-refractivity contribution is 0.571. The first-order valence-corrected chi connectivity index (χ1v) is 6.86. The lowest BCUT2D eigenvalue weighted by Crippen LogP contribution is -2.18. The predicted molar refractivity (Wildman–Crippen MR) is 77.7 cm³/mol. The number of benzene rings is 2. The van der Waals surface area contributed by atoms with E-state index in [1.807, 2.05) is 12.1 Å². The van der Waals surface area contributed by atoms with E-state index in [4.69, 9.17) is 0 Å². The predicted octanol–water partition coefficient (Wildman–Crippen LogP) is 4.23. The fraction of sp³-hybridized carbons (Fsp3) is 0.294. The van der Waals surface area contributed by atoms with Gasteiger partial charge in [0.15, 0.2) is 0 Å². The average molecular weight is 275 g/mol. The molecule has 0 bridgehead atoms. The molecule has 0 aliphatic heterocycles. The quantitative estimate of drug-likeness (QED) is 0.861. The van der Waals surface area contributed by atoms with Crippen LogP contribution in [0.1, 0.15) is 36.1 Å². The molecule has 0 saturated heterocycles. The molecule has 1 unspecified atom stereocenters. The normalized spacial score (nSPS) is 12.4. The van der Waals surface area contributed by atoms with Crippen LogP contribution < -0.4 is 5.32 Å². The molecule has 1 nitrogen and oxygen atoms in total. The van der Waals surface area contributed by atoms with E-state index in [1.54, 1.807) is 7.05 Å². The van der Waals surface area contributed by atoms with Gasteiger partial charge in [0.05, 0.1) is 6.04 Å². The zero-order valence-electron chi connectivity index (χ0n) is 11.8. The van der Waals surface area contributed by atoms with Crippen molar-refractivity contribution < 1.29 is 8.78 Å². The van der Waals surface area contributed by atoms with E-state index >= 15 is 0 Å². The number of hydrogen-bond donors (Lipinski definition) is 1. The van der Waals surface area contributed by atoms with E-state index in [9.17, 15) is 8.78 Å². The molecule has 3 heteroatoms. The summed E-state index contributed by atoms with van der Waals surface area (Å²) in [6.45, 7) is 2.14. The highest BCUT2D eigenvalue weighted by Gasteiger charge is 2.14. The van der Waals surface area contributed by atoms with E-state index < -0.39 is 11.6 Å². The number of halogens is 2. The summed E-state index contributed by atoms with van der Waals surface area (Å²) >= 11 is 0. The molecule has 0 heterocycles. The van der Waals surface area contributed by atoms with Crippen LogP contribution in [0.5, 0.6) is 0 Å². The molecule has 0 spiro atoms. The Kier molecular flexibility index (Phi) is 4.85. The molecule has 0 saturated carbocycles. The maximum Gasteiger partial charge on any atom is 0.126 e. The number of hydrogen-bond acceptors (Lipinski definition) is 1. The summed E-state index contributed by atoms with van der Waals surface area (Å²) in [5, 5.41) is 3.11. The molecule has 2 rings (SSSR count). The van der Waals surface area contributed by atoms with Crippen molar-refractivity contribution in [3.63, 3.8) is 0 Å². The van der Waals surface area contributed by atoms with Gasteiger partial charge in [0.25, 0.3) is 0 Å². The maximum atomic E-state index is 13.3. The largest absolute Gasteiger partial charge is 0.309 e. The Morgan fingerprint density at radius 3 is 2.05 bits per heavy atom. The van der Waals surface area contributed by atoms with Crippen molar-refractivity contribution in [1.82, 2.24) is 5.32 Å². The summed E-state index contributed by atoms with van der Waals surface area (Å²) < 4.78 is 26.7. The molecule has 0 radical (unpaired) electrons. The zero-order chi connectivity index (χ0) is 14.5. The molecular formula is C17H19F2N. The van der Waals surface area contributed by atoms with Crippen LogP contribution in [0, 0.1) is 11.6 Å². The third-order valence-corrected chi connectivity index (χ3v) is 3.36. The van der Waals surface area contributed by atoms with Gasteiger partial charge in [0.2, 0.25) is 0 Å². The zero-order valence-corrected chi connectivity index (χ0v) is 11.8. The van der Waals surface area contributed by atoms with Crippen molar-refractivity contribution in [1.29, 1.82) is 0 Å². The van der Waals surface area contributed by atoms with Crippen molar-refractivity contribution in [3.05, 3.63) is 70.8 Å². The van der Waals surface area contributed by atoms with Crippen LogP contribution in [-0.2, 0) is 6.42 Å². The molecule has 20 heavy (non-hydrogen) atoms. The summed E-state index contributed by atoms with van der Waals surface area (Å²) in [4.78, 5) is 0. The molecule has 0 amide bonds. The van der Waals surface area contributed by atoms with Gasteiger partial charge in [-0.3, -0.25) is 0 Å². The van der Waals surface area contributed by atoms with Crippen molar-refractivity contribution in [2.75, 3.05) is 7.05 Å². The number of nitrogens with one attached hydrogen (secondary N) is 1. The Morgan fingerprint density at radius 2 is 1.55 bits per heavy atom. The van der Waals surface area contributed by atoms with Gasteiger partial charge in [-0.2, -0.15) is 0 Å². The van der Waals surface area contributed by atoms with Crippen molar-refractivity contribution in [2.45, 2.75) is 25.8 Å². The first-order valence-electron chi connectivity index (χ1n) is 6.86. The van der Waals surface area contributed by atoms with Gasteiger partial charge >= 0.3 is 0 Å². The van der Waals surface area contributed by atoms with Gasteiger partial charge in [-0.15, -0.1) is 0 Å². The van der Waals surface area contributed by atoms with Gasteiger partial charge < -0.3 is 5.32 Å². The standard InChI is InChI=1S/C17H19F2N/c1-3-4-12-5-7-13(8-6-12)17(20-2)14-9-15(18)11-16(19)10-14/h5-11,17,20H,3-4H2,1-2H3. The summed E-state index contributed by atoms with van der Waals surface area (Å²) in [5.41, 5.74) is 2.86. The van der Waals surface area contributed by atoms with Crippen molar-refractivity contribution in [2.24, 2.45) is 0 Å². The highest BCUT2D eigenvalue weighted by atomic mass is 19.1. The third kappa shape index (κ3) is 3.42. The molecular weight excluding hydrogens is 256 g/mol. The minimum atomic E-state index is -0.553. The smallest absolute Gasteiger partial charge is 0.126 e. The van der Waals surface area contributed by atoms with Crippen LogP contribution in [0.15, 0.2) is 42.5 Å². The van der Waals surface area contributed by atoms with E-state index in [0.717, 1.165) is 24.5 Å². The Bertz CT molecular complexity index is 543. The minimum absolute atomic E-state index is 0.212. The third-order valence-electron chi connectivity index (χ3n) is 3.36. The SMILES string of the molecule is CCCc1ccc(C(NC)c2cc(F)cc(F)c2)cc1. The Morgan fingerprint density at radius 1 is 0.950 bits per heavy atom. The van der Waals surface area contributed by atoms with Crippen LogP contribution >= 0.6 is 0 Å². The maximum absolute atomic E-state index is 13.3. The number of aryl methyl sites for hydroxylation is 1. The van der Waals surface area contributed by atoms with Gasteiger partial charge in [-0.1, -0.05) is 37.6 Å². The Balaban J connectivity index is 2.31. The first kappa shape index (κ1) is 14.7. The van der Waals surface area contributed by atoms with E-state index in [-0.39, 0.29) is 6.04 Å². The molecule has 2 aromatic rings.